The third-order valence-electron chi connectivity index (χ3n) is 3.52. The molecule has 0 radical (unpaired) electrons. The highest BCUT2D eigenvalue weighted by Gasteiger charge is 2.16. The molecule has 7 heteroatoms. The molecule has 0 bridgehead atoms. The Balaban J connectivity index is 2.43. The standard InChI is InChI=1S/C16H26N2O4S/c1-14-7-4-5-8-15(14)13-16(19)17-9-11-18(23(3,20)21)10-6-12-22-2/h4-5,7-8H,6,9-13H2,1-3H3,(H,17,19). The van der Waals surface area contributed by atoms with Crippen molar-refractivity contribution >= 4 is 15.9 Å². The third kappa shape index (κ3) is 7.58. The molecule has 0 heterocycles. The van der Waals surface area contributed by atoms with Gasteiger partial charge in [-0.25, -0.2) is 12.7 Å². The van der Waals surface area contributed by atoms with Gasteiger partial charge in [-0.05, 0) is 24.5 Å². The molecule has 0 saturated carbocycles. The van der Waals surface area contributed by atoms with Crippen LogP contribution in [-0.4, -0.2) is 58.2 Å². The van der Waals surface area contributed by atoms with Gasteiger partial charge >= 0.3 is 0 Å². The number of benzene rings is 1. The molecule has 23 heavy (non-hydrogen) atoms. The monoisotopic (exact) mass is 342 g/mol. The number of nitrogens with one attached hydrogen (secondary N) is 1. The van der Waals surface area contributed by atoms with Crippen LogP contribution in [0.15, 0.2) is 24.3 Å². The van der Waals surface area contributed by atoms with Crippen LogP contribution in [0.5, 0.6) is 0 Å². The Hall–Kier alpha value is -1.44. The smallest absolute Gasteiger partial charge is 0.224 e. The summed E-state index contributed by atoms with van der Waals surface area (Å²) in [5.74, 6) is -0.107. The van der Waals surface area contributed by atoms with Gasteiger partial charge in [-0.2, -0.15) is 0 Å². The highest BCUT2D eigenvalue weighted by Crippen LogP contribution is 2.07. The first-order valence-electron chi connectivity index (χ1n) is 7.60. The van der Waals surface area contributed by atoms with E-state index in [1.54, 1.807) is 7.11 Å². The molecule has 0 aromatic heterocycles. The van der Waals surface area contributed by atoms with Crippen LogP contribution in [0.3, 0.4) is 0 Å². The summed E-state index contributed by atoms with van der Waals surface area (Å²) < 4.78 is 29.7. The summed E-state index contributed by atoms with van der Waals surface area (Å²) in [6.45, 7) is 3.42. The maximum Gasteiger partial charge on any atom is 0.224 e. The molecule has 0 spiro atoms. The van der Waals surface area contributed by atoms with Crippen molar-refractivity contribution in [2.24, 2.45) is 0 Å². The summed E-state index contributed by atoms with van der Waals surface area (Å²) in [5, 5.41) is 2.78. The largest absolute Gasteiger partial charge is 0.385 e. The summed E-state index contributed by atoms with van der Waals surface area (Å²) in [5.41, 5.74) is 2.05. The van der Waals surface area contributed by atoms with Gasteiger partial charge < -0.3 is 10.1 Å². The zero-order valence-corrected chi connectivity index (χ0v) is 14.9. The van der Waals surface area contributed by atoms with E-state index < -0.39 is 10.0 Å². The Morgan fingerprint density at radius 1 is 1.26 bits per heavy atom. The minimum Gasteiger partial charge on any atom is -0.385 e. The zero-order valence-electron chi connectivity index (χ0n) is 14.0. The van der Waals surface area contributed by atoms with Crippen LogP contribution in [0.25, 0.3) is 0 Å². The van der Waals surface area contributed by atoms with Crippen molar-refractivity contribution < 1.29 is 17.9 Å². The molecular weight excluding hydrogens is 316 g/mol. The fourth-order valence-corrected chi connectivity index (χ4v) is 3.08. The fraction of sp³-hybridized carbons (Fsp3) is 0.562. The summed E-state index contributed by atoms with van der Waals surface area (Å²) in [4.78, 5) is 12.0. The molecule has 1 aromatic rings. The van der Waals surface area contributed by atoms with E-state index >= 15 is 0 Å². The Morgan fingerprint density at radius 3 is 2.57 bits per heavy atom. The number of nitrogens with zero attached hydrogens (tertiary/aromatic N) is 1. The Labute approximate surface area is 138 Å². The van der Waals surface area contributed by atoms with Crippen molar-refractivity contribution in [3.8, 4) is 0 Å². The molecule has 1 N–H and O–H groups in total. The molecule has 130 valence electrons. The van der Waals surface area contributed by atoms with E-state index in [0.29, 0.717) is 32.5 Å². The van der Waals surface area contributed by atoms with Gasteiger partial charge in [0.05, 0.1) is 12.7 Å². The second kappa shape index (κ2) is 9.64. The molecule has 1 aromatic carbocycles. The number of hydrogen-bond acceptors (Lipinski definition) is 4. The lowest BCUT2D eigenvalue weighted by molar-refractivity contribution is -0.120. The maximum absolute atomic E-state index is 12.0. The molecule has 0 aliphatic heterocycles. The van der Waals surface area contributed by atoms with Crippen LogP contribution >= 0.6 is 0 Å². The van der Waals surface area contributed by atoms with Crippen molar-refractivity contribution in [1.29, 1.82) is 0 Å². The van der Waals surface area contributed by atoms with E-state index in [1.165, 1.54) is 10.6 Å². The Morgan fingerprint density at radius 2 is 1.96 bits per heavy atom. The lowest BCUT2D eigenvalue weighted by Crippen LogP contribution is -2.39. The van der Waals surface area contributed by atoms with Gasteiger partial charge in [-0.1, -0.05) is 24.3 Å². The van der Waals surface area contributed by atoms with Crippen LogP contribution in [0.2, 0.25) is 0 Å². The normalized spacial score (nSPS) is 11.7. The molecule has 0 unspecified atom stereocenters. The van der Waals surface area contributed by atoms with Gasteiger partial charge in [0.2, 0.25) is 15.9 Å². The highest BCUT2D eigenvalue weighted by molar-refractivity contribution is 7.88. The Bertz CT molecular complexity index is 602. The van der Waals surface area contributed by atoms with Crippen LogP contribution < -0.4 is 5.32 Å². The number of rotatable bonds is 10. The molecule has 0 aliphatic carbocycles. The van der Waals surface area contributed by atoms with Crippen molar-refractivity contribution in [3.63, 3.8) is 0 Å². The maximum atomic E-state index is 12.0. The minimum atomic E-state index is -3.28. The van der Waals surface area contributed by atoms with Crippen LogP contribution in [0, 0.1) is 6.92 Å². The molecule has 0 fully saturated rings. The number of carbonyl (C=O) groups excluding carboxylic acids is 1. The number of carbonyl (C=O) groups is 1. The second-order valence-corrected chi connectivity index (χ2v) is 7.44. The summed E-state index contributed by atoms with van der Waals surface area (Å²) in [6.07, 6.45) is 2.10. The molecule has 1 rings (SSSR count). The molecule has 0 aliphatic rings. The number of ether oxygens (including phenoxy) is 1. The van der Waals surface area contributed by atoms with Crippen LogP contribution in [-0.2, 0) is 26.0 Å². The van der Waals surface area contributed by atoms with Gasteiger partial charge in [-0.15, -0.1) is 0 Å². The zero-order chi connectivity index (χ0) is 17.3. The number of methoxy groups -OCH3 is 1. The van der Waals surface area contributed by atoms with Crippen molar-refractivity contribution in [2.75, 3.05) is 39.6 Å². The molecule has 1 amide bonds. The second-order valence-electron chi connectivity index (χ2n) is 5.46. The van der Waals surface area contributed by atoms with Gasteiger partial charge in [0, 0.05) is 33.4 Å². The topological polar surface area (TPSA) is 75.7 Å². The number of hydrogen-bond donors (Lipinski definition) is 1. The van der Waals surface area contributed by atoms with E-state index in [9.17, 15) is 13.2 Å². The third-order valence-corrected chi connectivity index (χ3v) is 4.82. The van der Waals surface area contributed by atoms with E-state index in [1.807, 2.05) is 31.2 Å². The predicted octanol–water partition coefficient (Wildman–Crippen LogP) is 0.952. The van der Waals surface area contributed by atoms with Crippen LogP contribution in [0.4, 0.5) is 0 Å². The van der Waals surface area contributed by atoms with Crippen LogP contribution in [0.1, 0.15) is 17.5 Å². The molecule has 0 atom stereocenters. The minimum absolute atomic E-state index is 0.107. The quantitative estimate of drug-likeness (QED) is 0.643. The first-order chi connectivity index (χ1) is 10.8. The lowest BCUT2D eigenvalue weighted by atomic mass is 10.1. The molecular formula is C16H26N2O4S. The average Bonchev–Trinajstić information content (AvgIpc) is 2.47. The van der Waals surface area contributed by atoms with Crippen molar-refractivity contribution in [2.45, 2.75) is 19.8 Å². The fourth-order valence-electron chi connectivity index (χ4n) is 2.19. The Kier molecular flexibility index (Phi) is 8.22. The first kappa shape index (κ1) is 19.6. The number of sulfonamides is 1. The first-order valence-corrected chi connectivity index (χ1v) is 9.44. The van der Waals surface area contributed by atoms with Gasteiger partial charge in [0.25, 0.3) is 0 Å². The van der Waals surface area contributed by atoms with Crippen molar-refractivity contribution in [3.05, 3.63) is 35.4 Å². The summed E-state index contributed by atoms with van der Waals surface area (Å²) >= 11 is 0. The average molecular weight is 342 g/mol. The highest BCUT2D eigenvalue weighted by atomic mass is 32.2. The molecule has 6 nitrogen and oxygen atoms in total. The van der Waals surface area contributed by atoms with Crippen molar-refractivity contribution in [1.82, 2.24) is 9.62 Å². The summed E-state index contributed by atoms with van der Waals surface area (Å²) in [7, 11) is -1.70. The van der Waals surface area contributed by atoms with Gasteiger partial charge in [-0.3, -0.25) is 4.79 Å². The van der Waals surface area contributed by atoms with Gasteiger partial charge in [0.1, 0.15) is 0 Å². The number of amides is 1. The molecule has 0 saturated heterocycles. The SMILES string of the molecule is COCCCN(CCNC(=O)Cc1ccccc1C)S(C)(=O)=O. The predicted molar refractivity (Wildman–Crippen MR) is 90.8 cm³/mol. The van der Waals surface area contributed by atoms with E-state index in [0.717, 1.165) is 11.1 Å². The summed E-state index contributed by atoms with van der Waals surface area (Å²) in [6, 6.07) is 7.71. The van der Waals surface area contributed by atoms with Gasteiger partial charge in [0.15, 0.2) is 0 Å². The number of aryl methyl sites for hydroxylation is 1. The lowest BCUT2D eigenvalue weighted by Gasteiger charge is -2.20. The van der Waals surface area contributed by atoms with E-state index in [4.69, 9.17) is 4.74 Å². The van der Waals surface area contributed by atoms with E-state index in [-0.39, 0.29) is 12.5 Å². The van der Waals surface area contributed by atoms with E-state index in [2.05, 4.69) is 5.32 Å².